The summed E-state index contributed by atoms with van der Waals surface area (Å²) in [6.07, 6.45) is 1.46. The van der Waals surface area contributed by atoms with E-state index in [1.54, 1.807) is 32.2 Å². The summed E-state index contributed by atoms with van der Waals surface area (Å²) in [5, 5.41) is 19.6. The van der Waals surface area contributed by atoms with Gasteiger partial charge in [-0.1, -0.05) is 22.8 Å². The van der Waals surface area contributed by atoms with Gasteiger partial charge in [0.15, 0.2) is 11.3 Å². The van der Waals surface area contributed by atoms with Crippen molar-refractivity contribution in [3.8, 4) is 11.3 Å². The Bertz CT molecular complexity index is 1510. The van der Waals surface area contributed by atoms with Crippen molar-refractivity contribution < 1.29 is 14.0 Å². The molecule has 4 rings (SSSR count). The Hall–Kier alpha value is -3.92. The molecule has 0 saturated carbocycles. The van der Waals surface area contributed by atoms with Crippen LogP contribution < -0.4 is 16.5 Å². The molecule has 4 N–H and O–H groups in total. The van der Waals surface area contributed by atoms with E-state index in [1.807, 2.05) is 19.9 Å². The van der Waals surface area contributed by atoms with Crippen molar-refractivity contribution in [1.29, 1.82) is 0 Å². The predicted molar refractivity (Wildman–Crippen MR) is 128 cm³/mol. The number of aryl methyl sites for hydroxylation is 2. The molecule has 1 unspecified atom stereocenters. The van der Waals surface area contributed by atoms with Crippen LogP contribution in [0.3, 0.4) is 0 Å². The van der Waals surface area contributed by atoms with Gasteiger partial charge in [0.2, 0.25) is 5.95 Å². The zero-order chi connectivity index (χ0) is 24.7. The van der Waals surface area contributed by atoms with Gasteiger partial charge in [0.1, 0.15) is 22.2 Å². The molecule has 0 aliphatic heterocycles. The predicted octanol–water partition coefficient (Wildman–Crippen LogP) is 4.27. The zero-order valence-corrected chi connectivity index (χ0v) is 19.6. The molecule has 0 aliphatic rings. The molecule has 4 aromatic rings. The lowest BCUT2D eigenvalue weighted by atomic mass is 9.99. The average Bonchev–Trinajstić information content (AvgIpc) is 3.14. The van der Waals surface area contributed by atoms with Crippen molar-refractivity contribution in [2.45, 2.75) is 26.8 Å². The molecule has 9 nitrogen and oxygen atoms in total. The molecule has 0 amide bonds. The minimum Gasteiger partial charge on any atom is -0.455 e. The number of nitrogens with zero attached hydrogens (tertiary/aromatic N) is 4. The van der Waals surface area contributed by atoms with Gasteiger partial charge in [-0.25, -0.2) is 4.98 Å². The molecule has 34 heavy (non-hydrogen) atoms. The number of anilines is 1. The Morgan fingerprint density at radius 3 is 2.74 bits per heavy atom. The first kappa shape index (κ1) is 23.2. The number of halogens is 2. The fraction of sp³-hybridized carbons (Fsp3) is 0.217. The first-order chi connectivity index (χ1) is 16.1. The van der Waals surface area contributed by atoms with Gasteiger partial charge in [0.05, 0.1) is 22.7 Å². The standard InChI is InChI=1S/C23H22ClFN6O3/c1-10-7-13(12(3)27-16-5-6-17(24)28-18(16)23(26)30-33)21-14(8-10)19(32)11(2)20(34-21)15-9-31(4)29-22(15)25/h5-9,12,27,33H,1-4H3,(H2,26,30). The lowest BCUT2D eigenvalue weighted by Gasteiger charge is -2.20. The lowest BCUT2D eigenvalue weighted by Crippen LogP contribution is -2.19. The van der Waals surface area contributed by atoms with Gasteiger partial charge in [-0.15, -0.1) is 5.10 Å². The Morgan fingerprint density at radius 2 is 2.09 bits per heavy atom. The van der Waals surface area contributed by atoms with Gasteiger partial charge < -0.3 is 20.7 Å². The van der Waals surface area contributed by atoms with Crippen molar-refractivity contribution in [3.05, 3.63) is 74.2 Å². The molecule has 1 atom stereocenters. The molecular weight excluding hydrogens is 463 g/mol. The first-order valence-electron chi connectivity index (χ1n) is 10.3. The Balaban J connectivity index is 1.90. The van der Waals surface area contributed by atoms with Crippen LogP contribution >= 0.6 is 11.6 Å². The third-order valence-electron chi connectivity index (χ3n) is 5.47. The molecule has 3 heterocycles. The number of rotatable bonds is 5. The van der Waals surface area contributed by atoms with Gasteiger partial charge in [0, 0.05) is 24.4 Å². The van der Waals surface area contributed by atoms with Gasteiger partial charge in [0.25, 0.3) is 0 Å². The molecule has 176 valence electrons. The fourth-order valence-corrected chi connectivity index (χ4v) is 4.01. The quantitative estimate of drug-likeness (QED) is 0.127. The average molecular weight is 485 g/mol. The van der Waals surface area contributed by atoms with E-state index in [9.17, 15) is 9.18 Å². The Labute approximate surface area is 198 Å². The second-order valence-electron chi connectivity index (χ2n) is 8.00. The Kier molecular flexibility index (Phi) is 6.01. The maximum absolute atomic E-state index is 14.4. The smallest absolute Gasteiger partial charge is 0.243 e. The SMILES string of the molecule is Cc1cc(C(C)Nc2ccc(Cl)nc2C(N)=NO)c2oc(-c3cn(C)nc3F)c(C)c(=O)c2c1. The topological polar surface area (TPSA) is 132 Å². The minimum atomic E-state index is -0.733. The van der Waals surface area contributed by atoms with Gasteiger partial charge in [-0.05, 0) is 44.5 Å². The molecule has 0 radical (unpaired) electrons. The van der Waals surface area contributed by atoms with Crippen LogP contribution in [0.15, 0.2) is 44.8 Å². The van der Waals surface area contributed by atoms with Crippen LogP contribution in [0, 0.1) is 19.8 Å². The van der Waals surface area contributed by atoms with E-state index in [4.69, 9.17) is 27.0 Å². The molecule has 0 fully saturated rings. The van der Waals surface area contributed by atoms with Crippen molar-refractivity contribution in [2.75, 3.05) is 5.32 Å². The van der Waals surface area contributed by atoms with Crippen molar-refractivity contribution >= 4 is 34.1 Å². The highest BCUT2D eigenvalue weighted by atomic mass is 35.5. The molecule has 0 bridgehead atoms. The van der Waals surface area contributed by atoms with E-state index < -0.39 is 12.0 Å². The molecule has 11 heteroatoms. The summed E-state index contributed by atoms with van der Waals surface area (Å²) in [5.74, 6) is -0.836. The van der Waals surface area contributed by atoms with Crippen LogP contribution in [-0.2, 0) is 7.05 Å². The number of amidine groups is 1. The van der Waals surface area contributed by atoms with E-state index in [1.165, 1.54) is 10.9 Å². The number of hydrogen-bond donors (Lipinski definition) is 3. The molecule has 0 saturated heterocycles. The number of fused-ring (bicyclic) bond motifs is 1. The second kappa shape index (κ2) is 8.79. The van der Waals surface area contributed by atoms with E-state index in [-0.39, 0.29) is 39.0 Å². The third kappa shape index (κ3) is 4.08. The maximum Gasteiger partial charge on any atom is 0.243 e. The summed E-state index contributed by atoms with van der Waals surface area (Å²) < 4.78 is 21.9. The minimum absolute atomic E-state index is 0.0993. The van der Waals surface area contributed by atoms with Gasteiger partial charge in [-0.2, -0.15) is 4.39 Å². The maximum atomic E-state index is 14.4. The highest BCUT2D eigenvalue weighted by Gasteiger charge is 2.22. The van der Waals surface area contributed by atoms with Gasteiger partial charge >= 0.3 is 0 Å². The number of pyridine rings is 1. The number of nitrogens with two attached hydrogens (primary N) is 1. The molecular formula is C23H22ClFN6O3. The van der Waals surface area contributed by atoms with Crippen LogP contribution in [-0.4, -0.2) is 25.8 Å². The monoisotopic (exact) mass is 484 g/mol. The zero-order valence-electron chi connectivity index (χ0n) is 18.8. The van der Waals surface area contributed by atoms with E-state index in [2.05, 4.69) is 20.6 Å². The summed E-state index contributed by atoms with van der Waals surface area (Å²) in [7, 11) is 1.58. The highest BCUT2D eigenvalue weighted by molar-refractivity contribution is 6.29. The van der Waals surface area contributed by atoms with Gasteiger partial charge in [-0.3, -0.25) is 9.48 Å². The van der Waals surface area contributed by atoms with E-state index in [0.717, 1.165) is 5.56 Å². The number of hydrogen-bond acceptors (Lipinski definition) is 7. The summed E-state index contributed by atoms with van der Waals surface area (Å²) >= 11 is 5.97. The number of nitrogens with one attached hydrogen (secondary N) is 1. The van der Waals surface area contributed by atoms with Crippen LogP contribution in [0.25, 0.3) is 22.3 Å². The largest absolute Gasteiger partial charge is 0.455 e. The summed E-state index contributed by atoms with van der Waals surface area (Å²) in [5.41, 5.74) is 8.31. The van der Waals surface area contributed by atoms with Crippen LogP contribution in [0.2, 0.25) is 5.15 Å². The third-order valence-corrected chi connectivity index (χ3v) is 5.68. The Morgan fingerprint density at radius 1 is 1.35 bits per heavy atom. The normalized spacial score (nSPS) is 12.8. The van der Waals surface area contributed by atoms with Crippen molar-refractivity contribution in [3.63, 3.8) is 0 Å². The number of aromatic nitrogens is 3. The molecule has 1 aromatic carbocycles. The van der Waals surface area contributed by atoms with E-state index in [0.29, 0.717) is 22.2 Å². The highest BCUT2D eigenvalue weighted by Crippen LogP contribution is 2.33. The summed E-state index contributed by atoms with van der Waals surface area (Å²) in [6, 6.07) is 6.39. The van der Waals surface area contributed by atoms with Crippen LogP contribution in [0.1, 0.15) is 35.3 Å². The van der Waals surface area contributed by atoms with Crippen LogP contribution in [0.5, 0.6) is 0 Å². The van der Waals surface area contributed by atoms with Crippen molar-refractivity contribution in [1.82, 2.24) is 14.8 Å². The molecule has 3 aromatic heterocycles. The lowest BCUT2D eigenvalue weighted by molar-refractivity contribution is 0.318. The fourth-order valence-electron chi connectivity index (χ4n) is 3.87. The second-order valence-corrected chi connectivity index (χ2v) is 8.39. The number of oxime groups is 1. The first-order valence-corrected chi connectivity index (χ1v) is 10.7. The van der Waals surface area contributed by atoms with Crippen molar-refractivity contribution in [2.24, 2.45) is 17.9 Å². The van der Waals surface area contributed by atoms with E-state index >= 15 is 0 Å². The number of benzene rings is 1. The van der Waals surface area contributed by atoms with Crippen LogP contribution in [0.4, 0.5) is 10.1 Å². The molecule has 0 aliphatic carbocycles. The summed E-state index contributed by atoms with van der Waals surface area (Å²) in [6.45, 7) is 5.31. The molecule has 0 spiro atoms. The summed E-state index contributed by atoms with van der Waals surface area (Å²) in [4.78, 5) is 17.4.